The van der Waals surface area contributed by atoms with Gasteiger partial charge in [0.05, 0.1) is 11.5 Å². The highest BCUT2D eigenvalue weighted by Crippen LogP contribution is 2.38. The number of nitro groups is 1. The molecule has 1 N–H and O–H groups in total. The molecule has 1 heterocycles. The van der Waals surface area contributed by atoms with Gasteiger partial charge in [0.1, 0.15) is 10.7 Å². The van der Waals surface area contributed by atoms with Crippen molar-refractivity contribution in [1.29, 1.82) is 0 Å². The molecule has 100 valence electrons. The maximum Gasteiger partial charge on any atom is 0.311 e. The third-order valence-corrected chi connectivity index (χ3v) is 4.31. The van der Waals surface area contributed by atoms with Gasteiger partial charge in [-0.15, -0.1) is 11.3 Å². The predicted octanol–water partition coefficient (Wildman–Crippen LogP) is 4.73. The minimum atomic E-state index is -0.519. The summed E-state index contributed by atoms with van der Waals surface area (Å²) in [6.45, 7) is 0.379. The Labute approximate surface area is 130 Å². The maximum absolute atomic E-state index is 11.0. The molecule has 9 heteroatoms. The van der Waals surface area contributed by atoms with Gasteiger partial charge in [-0.25, -0.2) is 4.98 Å². The van der Waals surface area contributed by atoms with Gasteiger partial charge in [0.15, 0.2) is 4.47 Å². The molecule has 0 aliphatic heterocycles. The van der Waals surface area contributed by atoms with E-state index in [9.17, 15) is 10.1 Å². The fourth-order valence-corrected chi connectivity index (χ4v) is 3.03. The maximum atomic E-state index is 11.0. The molecule has 0 bridgehead atoms. The molecule has 2 aromatic rings. The SMILES string of the molecule is O=[N+]([O-])c1c(Cl)ccc(Br)c1NCc1cnc(Cl)s1. The van der Waals surface area contributed by atoms with Crippen LogP contribution in [-0.2, 0) is 6.54 Å². The Balaban J connectivity index is 2.28. The van der Waals surface area contributed by atoms with E-state index in [0.29, 0.717) is 21.2 Å². The zero-order valence-electron chi connectivity index (χ0n) is 9.19. The average Bonchev–Trinajstić information content (AvgIpc) is 2.75. The third-order valence-electron chi connectivity index (χ3n) is 2.23. The summed E-state index contributed by atoms with van der Waals surface area (Å²) in [6.07, 6.45) is 1.62. The fourth-order valence-electron chi connectivity index (χ4n) is 1.43. The first-order valence-electron chi connectivity index (χ1n) is 4.95. The lowest BCUT2D eigenvalue weighted by Gasteiger charge is -2.08. The molecule has 0 saturated heterocycles. The van der Waals surface area contributed by atoms with E-state index in [4.69, 9.17) is 23.2 Å². The first-order valence-corrected chi connectivity index (χ1v) is 7.32. The molecule has 0 aliphatic rings. The van der Waals surface area contributed by atoms with Crippen LogP contribution in [0.2, 0.25) is 9.49 Å². The van der Waals surface area contributed by atoms with Crippen LogP contribution in [0.1, 0.15) is 4.88 Å². The summed E-state index contributed by atoms with van der Waals surface area (Å²) in [7, 11) is 0. The second-order valence-corrected chi connectivity index (χ2v) is 6.40. The van der Waals surface area contributed by atoms with Crippen molar-refractivity contribution in [3.63, 3.8) is 0 Å². The van der Waals surface area contributed by atoms with E-state index in [1.165, 1.54) is 17.4 Å². The smallest absolute Gasteiger partial charge is 0.311 e. The van der Waals surface area contributed by atoms with Crippen molar-refractivity contribution < 1.29 is 4.92 Å². The van der Waals surface area contributed by atoms with Gasteiger partial charge in [-0.2, -0.15) is 0 Å². The van der Waals surface area contributed by atoms with Crippen molar-refractivity contribution in [2.45, 2.75) is 6.54 Å². The van der Waals surface area contributed by atoms with Crippen LogP contribution in [0.25, 0.3) is 0 Å². The number of benzene rings is 1. The van der Waals surface area contributed by atoms with Gasteiger partial charge in [0, 0.05) is 15.5 Å². The molecule has 5 nitrogen and oxygen atoms in total. The lowest BCUT2D eigenvalue weighted by Crippen LogP contribution is -2.03. The summed E-state index contributed by atoms with van der Waals surface area (Å²) >= 11 is 16.1. The molecule has 0 radical (unpaired) electrons. The summed E-state index contributed by atoms with van der Waals surface area (Å²) in [5.41, 5.74) is 0.175. The summed E-state index contributed by atoms with van der Waals surface area (Å²) in [6, 6.07) is 3.12. The molecule has 0 aliphatic carbocycles. The normalized spacial score (nSPS) is 10.5. The standard InChI is InChI=1S/C10H6BrCl2N3O2S/c11-6-1-2-7(12)9(16(17)18)8(6)14-3-5-4-15-10(13)19-5/h1-2,4,14H,3H2. The second-order valence-electron chi connectivity index (χ2n) is 3.44. The molecule has 1 aromatic heterocycles. The number of rotatable bonds is 4. The molecule has 2 rings (SSSR count). The van der Waals surface area contributed by atoms with Crippen LogP contribution in [0.5, 0.6) is 0 Å². The molecule has 0 spiro atoms. The van der Waals surface area contributed by atoms with Crippen molar-refractivity contribution in [1.82, 2.24) is 4.98 Å². The highest BCUT2D eigenvalue weighted by molar-refractivity contribution is 9.10. The Morgan fingerprint density at radius 2 is 2.21 bits per heavy atom. The highest BCUT2D eigenvalue weighted by atomic mass is 79.9. The largest absolute Gasteiger partial charge is 0.374 e. The number of nitro benzene ring substituents is 1. The second kappa shape index (κ2) is 6.04. The van der Waals surface area contributed by atoms with Crippen molar-refractivity contribution in [2.24, 2.45) is 0 Å². The van der Waals surface area contributed by atoms with Gasteiger partial charge in [-0.3, -0.25) is 10.1 Å². The Morgan fingerprint density at radius 3 is 2.79 bits per heavy atom. The van der Waals surface area contributed by atoms with E-state index in [1.807, 2.05) is 0 Å². The van der Waals surface area contributed by atoms with Crippen LogP contribution in [0.4, 0.5) is 11.4 Å². The first kappa shape index (κ1) is 14.5. The number of hydrogen-bond donors (Lipinski definition) is 1. The van der Waals surface area contributed by atoms with Crippen LogP contribution in [0, 0.1) is 10.1 Å². The number of aromatic nitrogens is 1. The van der Waals surface area contributed by atoms with Crippen LogP contribution < -0.4 is 5.32 Å². The minimum absolute atomic E-state index is 0.0815. The van der Waals surface area contributed by atoms with Crippen molar-refractivity contribution >= 4 is 61.8 Å². The summed E-state index contributed by atoms with van der Waals surface area (Å²) < 4.78 is 0.996. The number of hydrogen-bond acceptors (Lipinski definition) is 5. The molecule has 0 amide bonds. The monoisotopic (exact) mass is 381 g/mol. The van der Waals surface area contributed by atoms with Gasteiger partial charge in [0.2, 0.25) is 0 Å². The van der Waals surface area contributed by atoms with Crippen LogP contribution in [0.3, 0.4) is 0 Å². The van der Waals surface area contributed by atoms with Crippen molar-refractivity contribution in [3.05, 3.63) is 47.3 Å². The van der Waals surface area contributed by atoms with Gasteiger partial charge in [-0.1, -0.05) is 23.2 Å². The van der Waals surface area contributed by atoms with Gasteiger partial charge < -0.3 is 5.32 Å². The number of nitrogens with zero attached hydrogens (tertiary/aromatic N) is 2. The molecular weight excluding hydrogens is 377 g/mol. The zero-order valence-corrected chi connectivity index (χ0v) is 13.1. The topological polar surface area (TPSA) is 68.1 Å². The van der Waals surface area contributed by atoms with E-state index < -0.39 is 4.92 Å². The minimum Gasteiger partial charge on any atom is -0.374 e. The van der Waals surface area contributed by atoms with Crippen molar-refractivity contribution in [3.8, 4) is 0 Å². The highest BCUT2D eigenvalue weighted by Gasteiger charge is 2.21. The number of thiazole rings is 1. The molecule has 1 aromatic carbocycles. The van der Waals surface area contributed by atoms with Gasteiger partial charge in [-0.05, 0) is 28.1 Å². The summed E-state index contributed by atoms with van der Waals surface area (Å²) in [5.74, 6) is 0. The Morgan fingerprint density at radius 1 is 1.47 bits per heavy atom. The van der Waals surface area contributed by atoms with Crippen LogP contribution in [0.15, 0.2) is 22.8 Å². The quantitative estimate of drug-likeness (QED) is 0.612. The number of anilines is 1. The zero-order chi connectivity index (χ0) is 14.0. The van der Waals surface area contributed by atoms with Gasteiger partial charge >= 0.3 is 5.69 Å². The Bertz CT molecular complexity index is 635. The Hall–Kier alpha value is -0.890. The Kier molecular flexibility index (Phi) is 4.62. The first-order chi connectivity index (χ1) is 8.99. The van der Waals surface area contributed by atoms with Crippen molar-refractivity contribution in [2.75, 3.05) is 5.32 Å². The third kappa shape index (κ3) is 3.36. The van der Waals surface area contributed by atoms with E-state index in [1.54, 1.807) is 12.3 Å². The number of nitrogens with one attached hydrogen (secondary N) is 1. The fraction of sp³-hybridized carbons (Fsp3) is 0.100. The van der Waals surface area contributed by atoms with Crippen LogP contribution in [-0.4, -0.2) is 9.91 Å². The predicted molar refractivity (Wildman–Crippen MR) is 80.3 cm³/mol. The van der Waals surface area contributed by atoms with E-state index in [0.717, 1.165) is 4.88 Å². The molecule has 0 unspecified atom stereocenters. The summed E-state index contributed by atoms with van der Waals surface area (Å²) in [4.78, 5) is 15.3. The lowest BCUT2D eigenvalue weighted by molar-refractivity contribution is -0.383. The van der Waals surface area contributed by atoms with E-state index >= 15 is 0 Å². The van der Waals surface area contributed by atoms with Gasteiger partial charge in [0.25, 0.3) is 0 Å². The van der Waals surface area contributed by atoms with Crippen LogP contribution >= 0.6 is 50.5 Å². The molecule has 0 fully saturated rings. The average molecular weight is 383 g/mol. The number of halogens is 3. The summed E-state index contributed by atoms with van der Waals surface area (Å²) in [5, 5.41) is 14.1. The molecule has 0 atom stereocenters. The molecule has 19 heavy (non-hydrogen) atoms. The lowest BCUT2D eigenvalue weighted by atomic mass is 10.2. The van der Waals surface area contributed by atoms with E-state index in [-0.39, 0.29) is 10.7 Å². The van der Waals surface area contributed by atoms with E-state index in [2.05, 4.69) is 26.2 Å². The molecular formula is C10H6BrCl2N3O2S. The molecule has 0 saturated carbocycles.